The van der Waals surface area contributed by atoms with Crippen LogP contribution in [0.25, 0.3) is 16.9 Å². The van der Waals surface area contributed by atoms with Crippen molar-refractivity contribution < 1.29 is 32.3 Å². The second kappa shape index (κ2) is 6.90. The molecule has 3 fully saturated rings. The topological polar surface area (TPSA) is 149 Å². The van der Waals surface area contributed by atoms with Crippen molar-refractivity contribution in [2.75, 3.05) is 5.73 Å². The summed E-state index contributed by atoms with van der Waals surface area (Å²) in [5, 5.41) is 13.0. The second-order valence-electron chi connectivity index (χ2n) is 9.37. The van der Waals surface area contributed by atoms with Crippen LogP contribution in [0.5, 0.6) is 0 Å². The van der Waals surface area contributed by atoms with Crippen LogP contribution in [0.15, 0.2) is 30.6 Å². The zero-order chi connectivity index (χ0) is 25.6. The van der Waals surface area contributed by atoms with Crippen LogP contribution in [0.2, 0.25) is 0 Å². The lowest BCUT2D eigenvalue weighted by atomic mass is 9.47. The van der Waals surface area contributed by atoms with Gasteiger partial charge in [0.15, 0.2) is 11.5 Å². The quantitative estimate of drug-likeness (QED) is 0.400. The maximum atomic E-state index is 13.8. The molecule has 35 heavy (non-hydrogen) atoms. The molecule has 1 unspecified atom stereocenters. The number of aromatic nitrogens is 3. The third-order valence-electron chi connectivity index (χ3n) is 6.79. The van der Waals surface area contributed by atoms with Gasteiger partial charge >= 0.3 is 6.18 Å². The smallest absolute Gasteiger partial charge is 0.381 e. The monoisotopic (exact) mass is 492 g/mol. The number of nitrogens with one attached hydrogen (secondary N) is 1. The van der Waals surface area contributed by atoms with Crippen molar-refractivity contribution in [3.05, 3.63) is 47.4 Å². The molecular formula is C22H20F4N6O3. The first-order chi connectivity index (χ1) is 16.2. The predicted molar refractivity (Wildman–Crippen MR) is 115 cm³/mol. The number of aryl methyl sites for hydroxylation is 1. The van der Waals surface area contributed by atoms with Crippen molar-refractivity contribution in [1.29, 1.82) is 0 Å². The van der Waals surface area contributed by atoms with Gasteiger partial charge in [0, 0.05) is 42.1 Å². The molecule has 6 rings (SSSR count). The molecule has 1 aromatic carbocycles. The summed E-state index contributed by atoms with van der Waals surface area (Å²) < 4.78 is 56.0. The Hall–Kier alpha value is -3.74. The minimum atomic E-state index is -5.37. The number of hydrogen-bond donors (Lipinski definition) is 4. The highest BCUT2D eigenvalue weighted by molar-refractivity contribution is 5.94. The van der Waals surface area contributed by atoms with Crippen LogP contribution in [0.3, 0.4) is 0 Å². The van der Waals surface area contributed by atoms with Gasteiger partial charge in [-0.2, -0.15) is 13.2 Å². The van der Waals surface area contributed by atoms with E-state index in [2.05, 4.69) is 15.3 Å². The molecule has 0 saturated heterocycles. The second-order valence-corrected chi connectivity index (χ2v) is 9.37. The van der Waals surface area contributed by atoms with Crippen molar-refractivity contribution in [1.82, 2.24) is 19.7 Å². The molecule has 184 valence electrons. The molecular weight excluding hydrogens is 472 g/mol. The molecule has 6 N–H and O–H groups in total. The summed E-state index contributed by atoms with van der Waals surface area (Å²) in [6, 6.07) is 3.23. The highest BCUT2D eigenvalue weighted by Gasteiger charge is 2.70. The summed E-state index contributed by atoms with van der Waals surface area (Å²) in [6.07, 6.45) is -2.05. The minimum Gasteiger partial charge on any atom is -0.381 e. The van der Waals surface area contributed by atoms with E-state index in [0.29, 0.717) is 5.56 Å². The number of nitrogen functional groups attached to an aromatic ring is 1. The van der Waals surface area contributed by atoms with Gasteiger partial charge in [0.2, 0.25) is 0 Å². The molecule has 2 amide bonds. The average molecular weight is 492 g/mol. The number of carbonyl (C=O) groups excluding carboxylic acids is 2. The normalized spacial score (nSPS) is 24.9. The summed E-state index contributed by atoms with van der Waals surface area (Å²) in [7, 11) is 0. The molecule has 0 radical (unpaired) electrons. The van der Waals surface area contributed by atoms with E-state index in [1.54, 1.807) is 6.92 Å². The number of nitrogens with two attached hydrogens (primary N) is 2. The highest BCUT2D eigenvalue weighted by Crippen LogP contribution is 2.62. The zero-order valence-corrected chi connectivity index (χ0v) is 18.3. The molecule has 2 bridgehead atoms. The van der Waals surface area contributed by atoms with Gasteiger partial charge in [-0.15, -0.1) is 0 Å². The predicted octanol–water partition coefficient (Wildman–Crippen LogP) is 1.90. The van der Waals surface area contributed by atoms with Crippen LogP contribution in [0.1, 0.15) is 40.9 Å². The van der Waals surface area contributed by atoms with Crippen LogP contribution < -0.4 is 16.8 Å². The SMILES string of the molecule is Cc1ccc(C(O)(C(N)=O)C(F)(F)F)cc1-c1cnc2c(N)nc(C(=O)NC34CC(F)(C3)C4)cn12. The Balaban J connectivity index is 1.58. The van der Waals surface area contributed by atoms with Crippen LogP contribution >= 0.6 is 0 Å². The van der Waals surface area contributed by atoms with Crippen molar-refractivity contribution in [3.63, 3.8) is 0 Å². The van der Waals surface area contributed by atoms with Gasteiger partial charge in [0.05, 0.1) is 11.9 Å². The Kier molecular flexibility index (Phi) is 4.54. The van der Waals surface area contributed by atoms with Gasteiger partial charge < -0.3 is 21.9 Å². The van der Waals surface area contributed by atoms with Gasteiger partial charge in [-0.1, -0.05) is 12.1 Å². The number of fused-ring (bicyclic) bond motifs is 1. The molecule has 1 atom stereocenters. The van der Waals surface area contributed by atoms with Crippen LogP contribution in [-0.2, 0) is 10.4 Å². The number of amides is 2. The maximum Gasteiger partial charge on any atom is 0.430 e. The van der Waals surface area contributed by atoms with Crippen LogP contribution in [0.4, 0.5) is 23.4 Å². The van der Waals surface area contributed by atoms with E-state index in [1.165, 1.54) is 22.9 Å². The van der Waals surface area contributed by atoms with E-state index < -0.39 is 40.4 Å². The van der Waals surface area contributed by atoms with E-state index in [9.17, 15) is 32.3 Å². The molecule has 3 aromatic rings. The lowest BCUT2D eigenvalue weighted by molar-refractivity contribution is -0.255. The number of anilines is 1. The molecule has 0 spiro atoms. The van der Waals surface area contributed by atoms with Gasteiger partial charge in [0.25, 0.3) is 17.4 Å². The minimum absolute atomic E-state index is 0.0929. The molecule has 3 saturated carbocycles. The van der Waals surface area contributed by atoms with E-state index in [-0.39, 0.29) is 47.7 Å². The van der Waals surface area contributed by atoms with Crippen molar-refractivity contribution in [3.8, 4) is 11.3 Å². The highest BCUT2D eigenvalue weighted by atomic mass is 19.4. The molecule has 2 heterocycles. The number of benzene rings is 1. The van der Waals surface area contributed by atoms with Crippen molar-refractivity contribution >= 4 is 23.3 Å². The first-order valence-corrected chi connectivity index (χ1v) is 10.5. The summed E-state index contributed by atoms with van der Waals surface area (Å²) in [4.78, 5) is 32.6. The summed E-state index contributed by atoms with van der Waals surface area (Å²) in [6.45, 7) is 1.60. The van der Waals surface area contributed by atoms with Crippen molar-refractivity contribution in [2.24, 2.45) is 5.73 Å². The van der Waals surface area contributed by atoms with Crippen LogP contribution in [-0.4, -0.2) is 48.7 Å². The van der Waals surface area contributed by atoms with E-state index in [1.807, 2.05) is 0 Å². The van der Waals surface area contributed by atoms with Gasteiger partial charge in [-0.3, -0.25) is 14.0 Å². The average Bonchev–Trinajstić information content (AvgIpc) is 3.15. The van der Waals surface area contributed by atoms with Crippen LogP contribution in [0, 0.1) is 6.92 Å². The third kappa shape index (κ3) is 3.25. The molecule has 2 aromatic heterocycles. The lowest BCUT2D eigenvalue weighted by Crippen LogP contribution is -2.76. The first kappa shape index (κ1) is 23.0. The van der Waals surface area contributed by atoms with E-state index in [0.717, 1.165) is 12.1 Å². The summed E-state index contributed by atoms with van der Waals surface area (Å²) >= 11 is 0. The number of aliphatic hydroxyl groups is 1. The number of hydrogen-bond acceptors (Lipinski definition) is 6. The van der Waals surface area contributed by atoms with Gasteiger partial charge in [-0.25, -0.2) is 14.4 Å². The number of imidazole rings is 1. The number of nitrogens with zero attached hydrogens (tertiary/aromatic N) is 3. The standard InChI is InChI=1S/C22H20F4N6O3/c1-10-2-3-11(21(35,18(28)34)22(24,25)26)4-12(10)14-5-29-16-15(27)30-13(6-32(14)16)17(33)31-20-7-19(23,8-20)9-20/h2-6,35H,7-9H2,1H3,(H2,27,30)(H2,28,34)(H,31,33). The maximum absolute atomic E-state index is 13.8. The Bertz CT molecular complexity index is 1400. The Labute approximate surface area is 195 Å². The number of primary amides is 1. The fourth-order valence-corrected chi connectivity index (χ4v) is 4.99. The molecule has 3 aliphatic carbocycles. The Morgan fingerprint density at radius 1 is 1.23 bits per heavy atom. The lowest BCUT2D eigenvalue weighted by Gasteiger charge is -2.65. The Morgan fingerprint density at radius 3 is 2.46 bits per heavy atom. The summed E-state index contributed by atoms with van der Waals surface area (Å²) in [5.74, 6) is -2.67. The van der Waals surface area contributed by atoms with Gasteiger partial charge in [0.1, 0.15) is 11.4 Å². The fourth-order valence-electron chi connectivity index (χ4n) is 4.99. The molecule has 3 aliphatic rings. The number of rotatable bonds is 5. The zero-order valence-electron chi connectivity index (χ0n) is 18.3. The number of alkyl halides is 4. The molecule has 9 nitrogen and oxygen atoms in total. The van der Waals surface area contributed by atoms with Gasteiger partial charge in [-0.05, 0) is 18.6 Å². The first-order valence-electron chi connectivity index (χ1n) is 10.5. The van der Waals surface area contributed by atoms with E-state index >= 15 is 0 Å². The third-order valence-corrected chi connectivity index (χ3v) is 6.79. The number of carbonyl (C=O) groups is 2. The molecule has 0 aliphatic heterocycles. The fraction of sp³-hybridized carbons (Fsp3) is 0.364. The molecule has 13 heteroatoms. The summed E-state index contributed by atoms with van der Waals surface area (Å²) in [5.41, 5.74) is 5.30. The van der Waals surface area contributed by atoms with E-state index in [4.69, 9.17) is 11.5 Å². The Morgan fingerprint density at radius 2 is 1.89 bits per heavy atom. The largest absolute Gasteiger partial charge is 0.430 e. The van der Waals surface area contributed by atoms with Crippen molar-refractivity contribution in [2.45, 2.75) is 49.2 Å². The number of halogens is 4.